The van der Waals surface area contributed by atoms with Crippen LogP contribution in [-0.2, 0) is 16.6 Å². The zero-order chi connectivity index (χ0) is 20.5. The molecular weight excluding hydrogens is 378 g/mol. The molecule has 0 spiro atoms. The van der Waals surface area contributed by atoms with Crippen molar-refractivity contribution < 1.29 is 18.4 Å². The van der Waals surface area contributed by atoms with E-state index in [0.717, 1.165) is 0 Å². The minimum absolute atomic E-state index is 0.0544. The van der Waals surface area contributed by atoms with Crippen LogP contribution in [0.1, 0.15) is 35.3 Å². The number of nitrogens with zero attached hydrogens (tertiary/aromatic N) is 2. The van der Waals surface area contributed by atoms with Gasteiger partial charge in [-0.15, -0.1) is 0 Å². The maximum atomic E-state index is 13.6. The van der Waals surface area contributed by atoms with E-state index in [4.69, 9.17) is 0 Å². The summed E-state index contributed by atoms with van der Waals surface area (Å²) < 4.78 is 28.7. The number of anilines is 1. The van der Waals surface area contributed by atoms with Gasteiger partial charge in [0.1, 0.15) is 23.5 Å². The largest absolute Gasteiger partial charge is 0.342 e. The molecule has 2 heterocycles. The second-order valence-electron chi connectivity index (χ2n) is 6.93. The predicted octanol–water partition coefficient (Wildman–Crippen LogP) is 3.03. The van der Waals surface area contributed by atoms with Gasteiger partial charge in [0.25, 0.3) is 0 Å². The second kappa shape index (κ2) is 7.46. The molecule has 0 bridgehead atoms. The lowest BCUT2D eigenvalue weighted by Gasteiger charge is -2.27. The molecule has 8 heteroatoms. The molecular formula is C21H18F2N4O2. The summed E-state index contributed by atoms with van der Waals surface area (Å²) in [6.45, 7) is 0. The van der Waals surface area contributed by atoms with Gasteiger partial charge in [0.2, 0.25) is 11.8 Å². The van der Waals surface area contributed by atoms with Crippen LogP contribution in [0, 0.1) is 11.6 Å². The van der Waals surface area contributed by atoms with E-state index in [0.29, 0.717) is 17.0 Å². The summed E-state index contributed by atoms with van der Waals surface area (Å²) in [7, 11) is 1.79. The van der Waals surface area contributed by atoms with E-state index in [-0.39, 0.29) is 18.0 Å². The molecule has 1 aromatic heterocycles. The summed E-state index contributed by atoms with van der Waals surface area (Å²) in [4.78, 5) is 29.5. The van der Waals surface area contributed by atoms with E-state index >= 15 is 0 Å². The van der Waals surface area contributed by atoms with Gasteiger partial charge in [0.15, 0.2) is 0 Å². The fourth-order valence-corrected chi connectivity index (χ4v) is 3.52. The van der Waals surface area contributed by atoms with Crippen LogP contribution in [0.15, 0.2) is 54.9 Å². The average molecular weight is 396 g/mol. The number of hydrogen-bond acceptors (Lipinski definition) is 3. The van der Waals surface area contributed by atoms with Crippen LogP contribution in [0.3, 0.4) is 0 Å². The number of amides is 2. The summed E-state index contributed by atoms with van der Waals surface area (Å²) in [5, 5.41) is 5.52. The number of benzene rings is 2. The highest BCUT2D eigenvalue weighted by atomic mass is 19.1. The van der Waals surface area contributed by atoms with Crippen molar-refractivity contribution in [1.82, 2.24) is 14.9 Å². The number of halogens is 2. The Balaban J connectivity index is 1.68. The molecule has 0 fully saturated rings. The summed E-state index contributed by atoms with van der Waals surface area (Å²) in [5.41, 5.74) is 1.48. The minimum atomic E-state index is -0.775. The fraction of sp³-hybridized carbons (Fsp3) is 0.190. The van der Waals surface area contributed by atoms with Crippen molar-refractivity contribution in [3.05, 3.63) is 83.4 Å². The zero-order valence-corrected chi connectivity index (χ0v) is 15.5. The van der Waals surface area contributed by atoms with Gasteiger partial charge in [-0.2, -0.15) is 0 Å². The molecule has 0 radical (unpaired) electrons. The number of rotatable bonds is 4. The minimum Gasteiger partial charge on any atom is -0.342 e. The Morgan fingerprint density at radius 1 is 1.21 bits per heavy atom. The molecule has 0 saturated heterocycles. The Morgan fingerprint density at radius 2 is 1.93 bits per heavy atom. The van der Waals surface area contributed by atoms with Crippen LogP contribution in [0.2, 0.25) is 0 Å². The molecule has 2 amide bonds. The van der Waals surface area contributed by atoms with Crippen LogP contribution in [0.4, 0.5) is 14.5 Å². The number of aromatic nitrogens is 2. The Hall–Kier alpha value is -3.55. The van der Waals surface area contributed by atoms with E-state index in [1.807, 2.05) is 0 Å². The lowest BCUT2D eigenvalue weighted by molar-refractivity contribution is -0.126. The molecule has 1 aliphatic rings. The standard InChI is InChI=1S/C21H18F2N4O2/c1-27-9-8-24-20(27)19(12-2-4-13(22)5-3-12)26-21(29)16-11-18(28)25-17-10-14(23)6-7-15(16)17/h2-10,16,19H,11H2,1H3,(H,25,28)(H,26,29)/t16-,19+/m0/s1. The van der Waals surface area contributed by atoms with E-state index in [1.54, 1.807) is 36.1 Å². The van der Waals surface area contributed by atoms with Crippen LogP contribution >= 0.6 is 0 Å². The molecule has 2 aromatic carbocycles. The molecule has 2 atom stereocenters. The van der Waals surface area contributed by atoms with Crippen LogP contribution < -0.4 is 10.6 Å². The van der Waals surface area contributed by atoms with Crippen molar-refractivity contribution in [1.29, 1.82) is 0 Å². The Morgan fingerprint density at radius 3 is 2.62 bits per heavy atom. The molecule has 3 aromatic rings. The highest BCUT2D eigenvalue weighted by Crippen LogP contribution is 2.34. The maximum absolute atomic E-state index is 13.6. The Kier molecular flexibility index (Phi) is 4.84. The highest BCUT2D eigenvalue weighted by molar-refractivity contribution is 6.01. The van der Waals surface area contributed by atoms with Crippen molar-refractivity contribution in [3.63, 3.8) is 0 Å². The molecule has 0 aliphatic carbocycles. The van der Waals surface area contributed by atoms with Gasteiger partial charge in [-0.05, 0) is 35.4 Å². The van der Waals surface area contributed by atoms with E-state index in [2.05, 4.69) is 15.6 Å². The molecule has 0 unspecified atom stereocenters. The molecule has 4 rings (SSSR count). The molecule has 6 nitrogen and oxygen atoms in total. The molecule has 1 aliphatic heterocycles. The lowest BCUT2D eigenvalue weighted by atomic mass is 9.89. The second-order valence-corrected chi connectivity index (χ2v) is 6.93. The number of hydrogen-bond donors (Lipinski definition) is 2. The first-order chi connectivity index (χ1) is 13.9. The predicted molar refractivity (Wildman–Crippen MR) is 102 cm³/mol. The summed E-state index contributed by atoms with van der Waals surface area (Å²) >= 11 is 0. The SMILES string of the molecule is Cn1ccnc1[C@H](NC(=O)[C@H]1CC(=O)Nc2cc(F)ccc21)c1ccc(F)cc1. The number of nitrogens with one attached hydrogen (secondary N) is 2. The van der Waals surface area contributed by atoms with Crippen LogP contribution in [0.25, 0.3) is 0 Å². The topological polar surface area (TPSA) is 76.0 Å². The van der Waals surface area contributed by atoms with Crippen molar-refractivity contribution in [2.24, 2.45) is 7.05 Å². The highest BCUT2D eigenvalue weighted by Gasteiger charge is 2.33. The third-order valence-electron chi connectivity index (χ3n) is 4.98. The first-order valence-electron chi connectivity index (χ1n) is 9.04. The van der Waals surface area contributed by atoms with E-state index in [1.165, 1.54) is 30.3 Å². The van der Waals surface area contributed by atoms with Gasteiger partial charge in [0, 0.05) is 31.5 Å². The first kappa shape index (κ1) is 18.8. The monoisotopic (exact) mass is 396 g/mol. The quantitative estimate of drug-likeness (QED) is 0.712. The van der Waals surface area contributed by atoms with Gasteiger partial charge in [0.05, 0.1) is 5.92 Å². The van der Waals surface area contributed by atoms with E-state index < -0.39 is 29.5 Å². The Bertz CT molecular complexity index is 1080. The van der Waals surface area contributed by atoms with E-state index in [9.17, 15) is 18.4 Å². The number of aryl methyl sites for hydroxylation is 1. The summed E-state index contributed by atoms with van der Waals surface area (Å²) in [6, 6.07) is 9.08. The van der Waals surface area contributed by atoms with Gasteiger partial charge >= 0.3 is 0 Å². The molecule has 29 heavy (non-hydrogen) atoms. The third kappa shape index (κ3) is 3.73. The van der Waals surface area contributed by atoms with Gasteiger partial charge in [-0.3, -0.25) is 9.59 Å². The number of fused-ring (bicyclic) bond motifs is 1. The molecule has 148 valence electrons. The number of imidazole rings is 1. The molecule has 0 saturated carbocycles. The molecule has 2 N–H and O–H groups in total. The summed E-state index contributed by atoms with van der Waals surface area (Å²) in [6.07, 6.45) is 3.29. The Labute approximate surface area is 165 Å². The average Bonchev–Trinajstić information content (AvgIpc) is 3.11. The van der Waals surface area contributed by atoms with Gasteiger partial charge in [-0.25, -0.2) is 13.8 Å². The lowest BCUT2D eigenvalue weighted by Crippen LogP contribution is -2.38. The number of carbonyl (C=O) groups excluding carboxylic acids is 2. The first-order valence-corrected chi connectivity index (χ1v) is 9.04. The van der Waals surface area contributed by atoms with Gasteiger partial charge < -0.3 is 15.2 Å². The normalized spacial score (nSPS) is 16.7. The summed E-state index contributed by atoms with van der Waals surface area (Å²) in [5.74, 6) is -1.86. The number of carbonyl (C=O) groups is 2. The maximum Gasteiger partial charge on any atom is 0.229 e. The van der Waals surface area contributed by atoms with Crippen molar-refractivity contribution in [2.75, 3.05) is 5.32 Å². The van der Waals surface area contributed by atoms with Crippen molar-refractivity contribution in [2.45, 2.75) is 18.4 Å². The smallest absolute Gasteiger partial charge is 0.229 e. The van der Waals surface area contributed by atoms with Gasteiger partial charge in [-0.1, -0.05) is 18.2 Å². The fourth-order valence-electron chi connectivity index (χ4n) is 3.52. The third-order valence-corrected chi connectivity index (χ3v) is 4.98. The van der Waals surface area contributed by atoms with Crippen LogP contribution in [-0.4, -0.2) is 21.4 Å². The van der Waals surface area contributed by atoms with Crippen molar-refractivity contribution >= 4 is 17.5 Å². The van der Waals surface area contributed by atoms with Crippen LogP contribution in [0.5, 0.6) is 0 Å². The zero-order valence-electron chi connectivity index (χ0n) is 15.5. The van der Waals surface area contributed by atoms with Crippen molar-refractivity contribution in [3.8, 4) is 0 Å².